The van der Waals surface area contributed by atoms with Crippen molar-refractivity contribution in [3.8, 4) is 0 Å². The molecule has 1 aromatic rings. The molecule has 0 amide bonds. The second kappa shape index (κ2) is 5.40. The zero-order valence-electron chi connectivity index (χ0n) is 11.0. The molecule has 1 nitrogen and oxygen atoms in total. The monoisotopic (exact) mass is 287 g/mol. The maximum atomic E-state index is 13.9. The molecule has 0 saturated carbocycles. The predicted molar refractivity (Wildman–Crippen MR) is 77.8 cm³/mol. The molecule has 1 unspecified atom stereocenters. The van der Waals surface area contributed by atoms with Gasteiger partial charge in [0.15, 0.2) is 0 Å². The van der Waals surface area contributed by atoms with Gasteiger partial charge in [0.25, 0.3) is 0 Å². The smallest absolute Gasteiger partial charge is 0.127 e. The summed E-state index contributed by atoms with van der Waals surface area (Å²) in [5.74, 6) is 0.555. The summed E-state index contributed by atoms with van der Waals surface area (Å²) in [6, 6.07) is 3.24. The molecule has 1 aromatic carbocycles. The van der Waals surface area contributed by atoms with E-state index >= 15 is 0 Å². The van der Waals surface area contributed by atoms with E-state index < -0.39 is 0 Å². The number of thioether (sulfide) groups is 1. The molecule has 100 valence electrons. The Hall–Kier alpha value is -0.250. The van der Waals surface area contributed by atoms with Gasteiger partial charge >= 0.3 is 0 Å². The summed E-state index contributed by atoms with van der Waals surface area (Å²) < 4.78 is 13.9. The molecule has 0 aliphatic carbocycles. The summed E-state index contributed by atoms with van der Waals surface area (Å²) in [5.41, 5.74) is 1.72. The molecule has 1 aliphatic rings. The summed E-state index contributed by atoms with van der Waals surface area (Å²) in [6.45, 7) is 7.43. The third kappa shape index (κ3) is 2.54. The molecule has 0 fully saturated rings. The van der Waals surface area contributed by atoms with Crippen LogP contribution < -0.4 is 5.32 Å². The van der Waals surface area contributed by atoms with E-state index in [1.165, 1.54) is 6.07 Å². The van der Waals surface area contributed by atoms with E-state index in [0.29, 0.717) is 10.8 Å². The lowest BCUT2D eigenvalue weighted by Gasteiger charge is -2.40. The molecule has 0 bridgehead atoms. The van der Waals surface area contributed by atoms with Crippen LogP contribution in [0.3, 0.4) is 0 Å². The Morgan fingerprint density at radius 1 is 1.50 bits per heavy atom. The first-order valence-corrected chi connectivity index (χ1v) is 7.68. The minimum atomic E-state index is -0.138. The van der Waals surface area contributed by atoms with Crippen molar-refractivity contribution >= 4 is 23.4 Å². The highest BCUT2D eigenvalue weighted by Gasteiger charge is 2.38. The first-order valence-electron chi connectivity index (χ1n) is 6.31. The number of rotatable bonds is 3. The normalized spacial score (nSPS) is 21.7. The zero-order chi connectivity index (χ0) is 13.3. The van der Waals surface area contributed by atoms with Crippen molar-refractivity contribution in [1.29, 1.82) is 0 Å². The molecule has 1 heterocycles. The van der Waals surface area contributed by atoms with Crippen molar-refractivity contribution in [1.82, 2.24) is 5.32 Å². The fraction of sp³-hybridized carbons (Fsp3) is 0.571. The van der Waals surface area contributed by atoms with E-state index in [9.17, 15) is 4.39 Å². The Bertz CT molecular complexity index is 448. The van der Waals surface area contributed by atoms with Crippen LogP contribution in [-0.2, 0) is 5.75 Å². The Morgan fingerprint density at radius 3 is 2.89 bits per heavy atom. The van der Waals surface area contributed by atoms with Crippen LogP contribution in [0.1, 0.15) is 44.4 Å². The number of halogens is 2. The molecule has 18 heavy (non-hydrogen) atoms. The molecule has 0 radical (unpaired) electrons. The van der Waals surface area contributed by atoms with Crippen LogP contribution in [0.5, 0.6) is 0 Å². The second-order valence-corrected chi connectivity index (χ2v) is 7.24. The highest BCUT2D eigenvalue weighted by Crippen LogP contribution is 2.48. The highest BCUT2D eigenvalue weighted by atomic mass is 35.5. The number of nitrogens with one attached hydrogen (secondary N) is 1. The maximum absolute atomic E-state index is 13.9. The van der Waals surface area contributed by atoms with Gasteiger partial charge in [-0.15, -0.1) is 11.8 Å². The third-order valence-corrected chi connectivity index (χ3v) is 5.16. The second-order valence-electron chi connectivity index (χ2n) is 5.20. The summed E-state index contributed by atoms with van der Waals surface area (Å²) in [5, 5.41) is 4.19. The van der Waals surface area contributed by atoms with Crippen molar-refractivity contribution in [3.05, 3.63) is 34.1 Å². The molecular formula is C14H19ClFNS. The molecule has 0 saturated heterocycles. The van der Waals surface area contributed by atoms with Crippen molar-refractivity contribution in [2.75, 3.05) is 6.54 Å². The van der Waals surface area contributed by atoms with Gasteiger partial charge in [-0.05, 0) is 44.5 Å². The first kappa shape index (κ1) is 14.2. The van der Waals surface area contributed by atoms with Gasteiger partial charge in [0.05, 0.1) is 0 Å². The van der Waals surface area contributed by atoms with Gasteiger partial charge in [0, 0.05) is 27.1 Å². The zero-order valence-corrected chi connectivity index (χ0v) is 12.6. The molecule has 1 aliphatic heterocycles. The van der Waals surface area contributed by atoms with Gasteiger partial charge in [-0.2, -0.15) is 0 Å². The van der Waals surface area contributed by atoms with Crippen molar-refractivity contribution in [3.63, 3.8) is 0 Å². The summed E-state index contributed by atoms with van der Waals surface area (Å²) in [4.78, 5) is 0. The topological polar surface area (TPSA) is 12.0 Å². The van der Waals surface area contributed by atoms with Crippen LogP contribution in [0.4, 0.5) is 4.39 Å². The van der Waals surface area contributed by atoms with Crippen LogP contribution in [-0.4, -0.2) is 11.3 Å². The van der Waals surface area contributed by atoms with Crippen LogP contribution in [0, 0.1) is 5.82 Å². The van der Waals surface area contributed by atoms with E-state index in [1.54, 1.807) is 17.8 Å². The van der Waals surface area contributed by atoms with Crippen molar-refractivity contribution in [2.45, 2.75) is 43.7 Å². The van der Waals surface area contributed by atoms with Crippen LogP contribution >= 0.6 is 23.4 Å². The summed E-state index contributed by atoms with van der Waals surface area (Å²) in [6.07, 6.45) is 1.06. The molecule has 0 aromatic heterocycles. The van der Waals surface area contributed by atoms with Gasteiger partial charge < -0.3 is 5.32 Å². The standard InChI is InChI=1S/C14H19ClFNS/c1-4-7-17-13-12-9(8-18-14(13,2)3)11(16)6-5-10(12)15/h5-6,13,17H,4,7-8H2,1-3H3. The largest absolute Gasteiger partial charge is 0.309 e. The number of hydrogen-bond donors (Lipinski definition) is 1. The van der Waals surface area contributed by atoms with E-state index in [-0.39, 0.29) is 16.6 Å². The lowest BCUT2D eigenvalue weighted by atomic mass is 9.90. The number of hydrogen-bond acceptors (Lipinski definition) is 2. The SMILES string of the molecule is CCCNC1c2c(Cl)ccc(F)c2CSC1(C)C. The Balaban J connectivity index is 2.47. The van der Waals surface area contributed by atoms with Gasteiger partial charge in [-0.3, -0.25) is 0 Å². The maximum Gasteiger partial charge on any atom is 0.127 e. The lowest BCUT2D eigenvalue weighted by molar-refractivity contribution is 0.435. The molecule has 1 N–H and O–H groups in total. The van der Waals surface area contributed by atoms with Gasteiger partial charge in [0.2, 0.25) is 0 Å². The lowest BCUT2D eigenvalue weighted by Crippen LogP contribution is -2.40. The average Bonchev–Trinajstić information content (AvgIpc) is 2.32. The van der Waals surface area contributed by atoms with Crippen molar-refractivity contribution in [2.24, 2.45) is 0 Å². The summed E-state index contributed by atoms with van der Waals surface area (Å²) >= 11 is 8.08. The quantitative estimate of drug-likeness (QED) is 0.875. The van der Waals surface area contributed by atoms with E-state index in [2.05, 4.69) is 26.1 Å². The predicted octanol–water partition coefficient (Wildman–Crippen LogP) is 4.55. The molecule has 2 rings (SSSR count). The highest BCUT2D eigenvalue weighted by molar-refractivity contribution is 8.00. The van der Waals surface area contributed by atoms with Gasteiger partial charge in [-0.25, -0.2) is 4.39 Å². The average molecular weight is 288 g/mol. The fourth-order valence-electron chi connectivity index (χ4n) is 2.39. The first-order chi connectivity index (χ1) is 8.47. The minimum absolute atomic E-state index is 0.0274. The number of benzene rings is 1. The van der Waals surface area contributed by atoms with Crippen LogP contribution in [0.15, 0.2) is 12.1 Å². The van der Waals surface area contributed by atoms with E-state index in [4.69, 9.17) is 11.6 Å². The number of fused-ring (bicyclic) bond motifs is 1. The fourth-order valence-corrected chi connectivity index (χ4v) is 3.86. The minimum Gasteiger partial charge on any atom is -0.309 e. The Labute approximate surface area is 117 Å². The third-order valence-electron chi connectivity index (χ3n) is 3.42. The van der Waals surface area contributed by atoms with Gasteiger partial charge in [0.1, 0.15) is 5.82 Å². The Kier molecular flexibility index (Phi) is 4.25. The van der Waals surface area contributed by atoms with Gasteiger partial charge in [-0.1, -0.05) is 18.5 Å². The van der Waals surface area contributed by atoms with E-state index in [1.807, 2.05) is 0 Å². The van der Waals surface area contributed by atoms with E-state index in [0.717, 1.165) is 24.1 Å². The van der Waals surface area contributed by atoms with Crippen LogP contribution in [0.25, 0.3) is 0 Å². The molecule has 1 atom stereocenters. The molecular weight excluding hydrogens is 269 g/mol. The molecule has 0 spiro atoms. The Morgan fingerprint density at radius 2 is 2.22 bits per heavy atom. The molecule has 4 heteroatoms. The summed E-state index contributed by atoms with van der Waals surface area (Å²) in [7, 11) is 0. The van der Waals surface area contributed by atoms with Crippen molar-refractivity contribution < 1.29 is 4.39 Å². The van der Waals surface area contributed by atoms with Crippen LogP contribution in [0.2, 0.25) is 5.02 Å².